The predicted molar refractivity (Wildman–Crippen MR) is 53.7 cm³/mol. The Morgan fingerprint density at radius 1 is 0.846 bits per heavy atom. The minimum Gasteiger partial charge on any atom is -0.456 e. The van der Waals surface area contributed by atoms with Gasteiger partial charge in [-0.1, -0.05) is 36.3 Å². The number of para-hydroxylation sites is 2. The van der Waals surface area contributed by atoms with E-state index in [9.17, 15) is 0 Å². The molecule has 0 bridgehead atoms. The van der Waals surface area contributed by atoms with Gasteiger partial charge in [-0.05, 0) is 12.1 Å². The van der Waals surface area contributed by atoms with E-state index in [0.717, 1.165) is 0 Å². The van der Waals surface area contributed by atoms with Crippen molar-refractivity contribution in [2.24, 2.45) is 0 Å². The first kappa shape index (κ1) is 2.88. The number of furan rings is 1. The Labute approximate surface area is 85.4 Å². The van der Waals surface area contributed by atoms with Gasteiger partial charge in [-0.15, -0.1) is 0 Å². The monoisotopic (exact) mass is 175 g/mol. The molecule has 1 aromatic heterocycles. The highest BCUT2D eigenvalue weighted by Gasteiger charge is 2.02. The normalized spacial score (nSPS) is 18.6. The first-order chi connectivity index (χ1) is 9.34. The van der Waals surface area contributed by atoms with Crippen LogP contribution in [0.5, 0.6) is 0 Å². The Balaban J connectivity index is 2.67. The number of fused-ring (bicyclic) bond motifs is 3. The van der Waals surface area contributed by atoms with Gasteiger partial charge in [-0.2, -0.15) is 0 Å². The Bertz CT molecular complexity index is 881. The topological polar surface area (TPSA) is 13.1 Å². The largest absolute Gasteiger partial charge is 0.456 e. The van der Waals surface area contributed by atoms with Gasteiger partial charge >= 0.3 is 0 Å². The highest BCUT2D eigenvalue weighted by molar-refractivity contribution is 6.04. The molecular weight excluding hydrogens is 160 g/mol. The van der Waals surface area contributed by atoms with Gasteiger partial charge < -0.3 is 4.42 Å². The first-order valence-corrected chi connectivity index (χ1v) is 3.74. The number of rotatable bonds is 0. The quantitative estimate of drug-likeness (QED) is 0.509. The van der Waals surface area contributed by atoms with Crippen LogP contribution in [0.4, 0.5) is 0 Å². The Morgan fingerprint density at radius 3 is 2.46 bits per heavy atom. The van der Waals surface area contributed by atoms with E-state index in [2.05, 4.69) is 0 Å². The maximum atomic E-state index is 7.90. The summed E-state index contributed by atoms with van der Waals surface area (Å²) in [6.45, 7) is 0. The van der Waals surface area contributed by atoms with Crippen molar-refractivity contribution in [1.82, 2.24) is 0 Å². The zero-order chi connectivity index (χ0) is 14.8. The molecule has 13 heavy (non-hydrogen) atoms. The van der Waals surface area contributed by atoms with Crippen molar-refractivity contribution in [3.63, 3.8) is 0 Å². The van der Waals surface area contributed by atoms with Gasteiger partial charge in [0.05, 0.1) is 9.60 Å². The van der Waals surface area contributed by atoms with Gasteiger partial charge in [-0.3, -0.25) is 0 Å². The lowest BCUT2D eigenvalue weighted by Crippen LogP contribution is -1.62. The molecular formula is C12H8O. The fourth-order valence-corrected chi connectivity index (χ4v) is 1.27. The third-order valence-corrected chi connectivity index (χ3v) is 1.84. The highest BCUT2D eigenvalue weighted by Crippen LogP contribution is 2.27. The number of hydrogen-bond acceptors (Lipinski definition) is 1. The van der Waals surface area contributed by atoms with E-state index in [1.807, 2.05) is 0 Å². The fourth-order valence-electron chi connectivity index (χ4n) is 1.27. The lowest BCUT2D eigenvalue weighted by Gasteiger charge is -1.85. The fraction of sp³-hybridized carbons (Fsp3) is 0. The minimum absolute atomic E-state index is 0.00741. The summed E-state index contributed by atoms with van der Waals surface area (Å²) >= 11 is 0. The van der Waals surface area contributed by atoms with Gasteiger partial charge in [0.15, 0.2) is 0 Å². The summed E-state index contributed by atoms with van der Waals surface area (Å²) in [5.74, 6) is 0. The van der Waals surface area contributed by atoms with Crippen LogP contribution in [0, 0.1) is 0 Å². The lowest BCUT2D eigenvalue weighted by molar-refractivity contribution is 0.669. The summed E-state index contributed by atoms with van der Waals surface area (Å²) in [7, 11) is 0. The van der Waals surface area contributed by atoms with Gasteiger partial charge in [0.1, 0.15) is 11.2 Å². The SMILES string of the molecule is [2H]c1cc2c(oc3c([2H])c([2H])c([2H])c([2H])c32)c([2H])c1[2H]. The van der Waals surface area contributed by atoms with Crippen LogP contribution in [0.1, 0.15) is 9.60 Å². The molecule has 0 spiro atoms. The van der Waals surface area contributed by atoms with Gasteiger partial charge in [0.25, 0.3) is 0 Å². The van der Waals surface area contributed by atoms with Crippen LogP contribution in [0.2, 0.25) is 0 Å². The van der Waals surface area contributed by atoms with Crippen LogP contribution in [-0.4, -0.2) is 0 Å². The molecule has 1 nitrogen and oxygen atoms in total. The van der Waals surface area contributed by atoms with Crippen LogP contribution in [0.15, 0.2) is 52.8 Å². The molecule has 0 atom stereocenters. The van der Waals surface area contributed by atoms with Crippen molar-refractivity contribution in [3.8, 4) is 0 Å². The second-order valence-corrected chi connectivity index (χ2v) is 2.59. The van der Waals surface area contributed by atoms with E-state index in [1.165, 1.54) is 6.07 Å². The summed E-state index contributed by atoms with van der Waals surface area (Å²) in [6, 6.07) is -0.873. The van der Waals surface area contributed by atoms with Crippen LogP contribution >= 0.6 is 0 Å². The number of benzene rings is 2. The van der Waals surface area contributed by atoms with Crippen LogP contribution in [0.25, 0.3) is 21.9 Å². The minimum atomic E-state index is -0.412. The summed E-state index contributed by atoms with van der Waals surface area (Å²) in [6.07, 6.45) is 0. The molecule has 0 aliphatic carbocycles. The first-order valence-electron chi connectivity index (χ1n) is 7.24. The molecule has 3 rings (SSSR count). The lowest BCUT2D eigenvalue weighted by atomic mass is 10.2. The summed E-state index contributed by atoms with van der Waals surface area (Å²) in [4.78, 5) is 0. The van der Waals surface area contributed by atoms with E-state index in [1.54, 1.807) is 0 Å². The van der Waals surface area contributed by atoms with E-state index in [-0.39, 0.29) is 52.2 Å². The van der Waals surface area contributed by atoms with Gasteiger partial charge in [0.2, 0.25) is 0 Å². The molecule has 2 aromatic carbocycles. The smallest absolute Gasteiger partial charge is 0.135 e. The Hall–Kier alpha value is -1.76. The zero-order valence-electron chi connectivity index (χ0n) is 13.5. The predicted octanol–water partition coefficient (Wildman–Crippen LogP) is 3.59. The average Bonchev–Trinajstić information content (AvgIpc) is 2.80. The van der Waals surface area contributed by atoms with E-state index in [4.69, 9.17) is 14.0 Å². The third kappa shape index (κ3) is 0.872. The van der Waals surface area contributed by atoms with Crippen molar-refractivity contribution < 1.29 is 14.0 Å². The van der Waals surface area contributed by atoms with Crippen LogP contribution in [-0.2, 0) is 0 Å². The molecule has 0 unspecified atom stereocenters. The molecule has 0 saturated carbocycles. The molecule has 0 fully saturated rings. The molecule has 0 aliphatic rings. The molecule has 62 valence electrons. The Morgan fingerprint density at radius 2 is 1.54 bits per heavy atom. The van der Waals surface area contributed by atoms with Crippen molar-refractivity contribution in [1.29, 1.82) is 0 Å². The number of hydrogen-bond donors (Lipinski definition) is 0. The molecule has 0 aliphatic heterocycles. The molecule has 0 radical (unpaired) electrons. The van der Waals surface area contributed by atoms with Gasteiger partial charge in [0, 0.05) is 10.8 Å². The van der Waals surface area contributed by atoms with Crippen molar-refractivity contribution in [3.05, 3.63) is 48.4 Å². The summed E-state index contributed by atoms with van der Waals surface area (Å²) < 4.78 is 59.3. The van der Waals surface area contributed by atoms with Crippen LogP contribution < -0.4 is 0 Å². The molecule has 3 aromatic rings. The van der Waals surface area contributed by atoms with Crippen molar-refractivity contribution in [2.75, 3.05) is 0 Å². The Kier molecular flexibility index (Phi) is 0.523. The molecule has 1 heterocycles. The second-order valence-electron chi connectivity index (χ2n) is 2.59. The third-order valence-electron chi connectivity index (χ3n) is 1.84. The van der Waals surface area contributed by atoms with Gasteiger partial charge in [-0.25, -0.2) is 0 Å². The molecule has 0 N–H and O–H groups in total. The zero-order valence-corrected chi connectivity index (χ0v) is 6.49. The second kappa shape index (κ2) is 2.36. The van der Waals surface area contributed by atoms with Crippen molar-refractivity contribution in [2.45, 2.75) is 0 Å². The summed E-state index contributed by atoms with van der Waals surface area (Å²) in [5, 5.41) is 0.408. The van der Waals surface area contributed by atoms with E-state index in [0.29, 0.717) is 0 Å². The molecule has 0 amide bonds. The maximum absolute atomic E-state index is 7.90. The standard InChI is InChI=1S/C12H8O/c1-3-7-11-9(5-1)10-6-2-4-8-12(10)13-11/h1-8H/i1D,2D,3D,4D,5D,7D,8D. The summed E-state index contributed by atoms with van der Waals surface area (Å²) in [5.41, 5.74) is -0.0440. The van der Waals surface area contributed by atoms with E-state index < -0.39 is 12.1 Å². The van der Waals surface area contributed by atoms with Crippen LogP contribution in [0.3, 0.4) is 0 Å². The molecule has 0 saturated heterocycles. The average molecular weight is 175 g/mol. The van der Waals surface area contributed by atoms with E-state index >= 15 is 0 Å². The van der Waals surface area contributed by atoms with Crippen molar-refractivity contribution >= 4 is 21.9 Å². The molecule has 1 heteroatoms. The maximum Gasteiger partial charge on any atom is 0.135 e. The highest BCUT2D eigenvalue weighted by atomic mass is 16.3.